The highest BCUT2D eigenvalue weighted by Gasteiger charge is 2.62. The predicted octanol–water partition coefficient (Wildman–Crippen LogP) is 4.90. The van der Waals surface area contributed by atoms with Gasteiger partial charge < -0.3 is 5.73 Å². The third kappa shape index (κ3) is 3.25. The molecule has 1 atom stereocenters. The van der Waals surface area contributed by atoms with Gasteiger partial charge in [-0.25, -0.2) is 13.8 Å². The number of ketones is 1. The van der Waals surface area contributed by atoms with E-state index >= 15 is 0 Å². The Morgan fingerprint density at radius 1 is 1.12 bits per heavy atom. The molecule has 1 aromatic heterocycles. The number of carbonyl (C=O) groups is 1. The summed E-state index contributed by atoms with van der Waals surface area (Å²) in [6.07, 6.45) is 2.52. The minimum absolute atomic E-state index is 0.130. The highest BCUT2D eigenvalue weighted by Crippen LogP contribution is 2.63. The Morgan fingerprint density at radius 3 is 2.50 bits per heavy atom. The largest absolute Gasteiger partial charge is 0.382 e. The van der Waals surface area contributed by atoms with Crippen molar-refractivity contribution < 1.29 is 13.6 Å². The van der Waals surface area contributed by atoms with Gasteiger partial charge in [-0.05, 0) is 49.4 Å². The van der Waals surface area contributed by atoms with Gasteiger partial charge in [0.05, 0.1) is 10.7 Å². The first kappa shape index (κ1) is 21.2. The minimum atomic E-state index is -2.66. The highest BCUT2D eigenvalue weighted by atomic mass is 35.5. The molecule has 1 aliphatic heterocycles. The molecule has 1 saturated carbocycles. The lowest BCUT2D eigenvalue weighted by Crippen LogP contribution is -2.44. The molecule has 2 aliphatic carbocycles. The molecule has 166 valence electrons. The third-order valence-electron chi connectivity index (χ3n) is 7.12. The van der Waals surface area contributed by atoms with Crippen molar-refractivity contribution >= 4 is 28.9 Å². The van der Waals surface area contributed by atoms with Crippen LogP contribution >= 0.6 is 11.6 Å². The number of nitrogens with two attached hydrogens (primary N) is 1. The van der Waals surface area contributed by atoms with Gasteiger partial charge in [-0.2, -0.15) is 0 Å². The van der Waals surface area contributed by atoms with Crippen LogP contribution in [-0.4, -0.2) is 28.2 Å². The van der Waals surface area contributed by atoms with Gasteiger partial charge in [-0.1, -0.05) is 29.8 Å². The number of hydrogen-bond acceptors (Lipinski definition) is 5. The molecular formula is C24H23ClF2N4O. The number of benzene rings is 1. The summed E-state index contributed by atoms with van der Waals surface area (Å²) >= 11 is 5.87. The number of carbonyl (C=O) groups excluding carboxylic acids is 1. The number of amidine groups is 1. The molecule has 1 fully saturated rings. The summed E-state index contributed by atoms with van der Waals surface area (Å²) in [5, 5.41) is 0.467. The van der Waals surface area contributed by atoms with Crippen LogP contribution in [0.25, 0.3) is 0 Å². The standard InChI is InChI=1S/C24H23ClF2N4O/c1-14-21(28)31-24(30-14)18-10-15(11-20(32)19-5-4-17(25)13-29-19)2-3-16(18)12-22(24)6-8-23(26,27)9-7-22/h2-5,10,13H,6-9,11-12H2,1H3,(H2,28,31). The van der Waals surface area contributed by atoms with E-state index in [9.17, 15) is 13.6 Å². The van der Waals surface area contributed by atoms with E-state index in [1.165, 1.54) is 6.20 Å². The summed E-state index contributed by atoms with van der Waals surface area (Å²) < 4.78 is 28.1. The lowest BCUT2D eigenvalue weighted by Gasteiger charge is -2.44. The summed E-state index contributed by atoms with van der Waals surface area (Å²) in [6.45, 7) is 1.80. The average Bonchev–Trinajstić information content (AvgIpc) is 3.19. The van der Waals surface area contributed by atoms with Gasteiger partial charge in [0.1, 0.15) is 11.5 Å². The number of Topliss-reactive ketones (excluding diaryl/α,β-unsaturated/α-hetero) is 1. The summed E-state index contributed by atoms with van der Waals surface area (Å²) in [7, 11) is 0. The van der Waals surface area contributed by atoms with Crippen LogP contribution in [0.4, 0.5) is 8.78 Å². The molecule has 8 heteroatoms. The van der Waals surface area contributed by atoms with Gasteiger partial charge in [-0.3, -0.25) is 14.8 Å². The fraction of sp³-hybridized carbons (Fsp3) is 0.417. The van der Waals surface area contributed by atoms with Crippen molar-refractivity contribution in [1.82, 2.24) is 4.98 Å². The molecule has 5 nitrogen and oxygen atoms in total. The Labute approximate surface area is 189 Å². The van der Waals surface area contributed by atoms with Crippen molar-refractivity contribution in [3.63, 3.8) is 0 Å². The lowest BCUT2D eigenvalue weighted by atomic mass is 9.65. The lowest BCUT2D eigenvalue weighted by molar-refractivity contribution is -0.0815. The average molecular weight is 457 g/mol. The van der Waals surface area contributed by atoms with Crippen molar-refractivity contribution in [3.05, 3.63) is 63.9 Å². The van der Waals surface area contributed by atoms with E-state index in [2.05, 4.69) is 4.98 Å². The zero-order valence-corrected chi connectivity index (χ0v) is 18.4. The first-order valence-corrected chi connectivity index (χ1v) is 11.1. The SMILES string of the molecule is CC1=NC2(N=C1N)c1cc(CC(=O)c3ccc(Cl)cn3)ccc1CC21CCC(F)(F)CC1. The number of hydrogen-bond donors (Lipinski definition) is 1. The van der Waals surface area contributed by atoms with Gasteiger partial charge in [0.15, 0.2) is 11.4 Å². The number of rotatable bonds is 3. The van der Waals surface area contributed by atoms with Crippen LogP contribution in [0.5, 0.6) is 0 Å². The molecule has 3 aliphatic rings. The second-order valence-electron chi connectivity index (χ2n) is 9.13. The second-order valence-corrected chi connectivity index (χ2v) is 9.57. The van der Waals surface area contributed by atoms with Gasteiger partial charge in [0.2, 0.25) is 5.92 Å². The Balaban J connectivity index is 1.53. The summed E-state index contributed by atoms with van der Waals surface area (Å²) in [5.41, 5.74) is 8.29. The Morgan fingerprint density at radius 2 is 1.88 bits per heavy atom. The van der Waals surface area contributed by atoms with E-state index in [1.54, 1.807) is 19.1 Å². The maximum absolute atomic E-state index is 14.0. The molecule has 2 N–H and O–H groups in total. The van der Waals surface area contributed by atoms with E-state index in [1.807, 2.05) is 18.2 Å². The Hall–Kier alpha value is -2.67. The fourth-order valence-corrected chi connectivity index (χ4v) is 5.47. The van der Waals surface area contributed by atoms with Crippen molar-refractivity contribution in [1.29, 1.82) is 0 Å². The van der Waals surface area contributed by atoms with E-state index in [4.69, 9.17) is 27.3 Å². The number of alkyl halides is 2. The Kier molecular flexibility index (Phi) is 4.75. The van der Waals surface area contributed by atoms with Gasteiger partial charge >= 0.3 is 0 Å². The van der Waals surface area contributed by atoms with E-state index in [-0.39, 0.29) is 25.0 Å². The fourth-order valence-electron chi connectivity index (χ4n) is 5.36. The number of nitrogens with zero attached hydrogens (tertiary/aromatic N) is 3. The quantitative estimate of drug-likeness (QED) is 0.667. The van der Waals surface area contributed by atoms with Crippen molar-refractivity contribution in [3.8, 4) is 0 Å². The molecule has 1 aromatic carbocycles. The normalized spacial score (nSPS) is 25.0. The molecule has 32 heavy (non-hydrogen) atoms. The number of halogens is 3. The van der Waals surface area contributed by atoms with Crippen molar-refractivity contribution in [2.45, 2.75) is 57.0 Å². The summed E-state index contributed by atoms with van der Waals surface area (Å²) in [5.74, 6) is -2.44. The van der Waals surface area contributed by atoms with Gasteiger partial charge in [0, 0.05) is 36.4 Å². The maximum Gasteiger partial charge on any atom is 0.248 e. The maximum atomic E-state index is 14.0. The summed E-state index contributed by atoms with van der Waals surface area (Å²) in [6, 6.07) is 9.08. The third-order valence-corrected chi connectivity index (χ3v) is 7.34. The van der Waals surface area contributed by atoms with Gasteiger partial charge in [-0.15, -0.1) is 0 Å². The molecule has 0 saturated heterocycles. The van der Waals surface area contributed by atoms with E-state index in [0.717, 1.165) is 16.7 Å². The summed E-state index contributed by atoms with van der Waals surface area (Å²) in [4.78, 5) is 26.5. The van der Waals surface area contributed by atoms with Crippen LogP contribution in [-0.2, 0) is 18.5 Å². The molecule has 0 bridgehead atoms. The monoisotopic (exact) mass is 456 g/mol. The van der Waals surface area contributed by atoms with Gasteiger partial charge in [0.25, 0.3) is 0 Å². The van der Waals surface area contributed by atoms with Crippen LogP contribution in [0.3, 0.4) is 0 Å². The number of pyridine rings is 1. The van der Waals surface area contributed by atoms with Crippen molar-refractivity contribution in [2.75, 3.05) is 0 Å². The molecule has 2 heterocycles. The van der Waals surface area contributed by atoms with E-state index in [0.29, 0.717) is 41.5 Å². The van der Waals surface area contributed by atoms with Crippen LogP contribution in [0.1, 0.15) is 59.8 Å². The zero-order valence-electron chi connectivity index (χ0n) is 17.7. The number of fused-ring (bicyclic) bond motifs is 3. The zero-order chi connectivity index (χ0) is 22.7. The first-order valence-electron chi connectivity index (χ1n) is 10.7. The first-order chi connectivity index (χ1) is 15.1. The van der Waals surface area contributed by atoms with Crippen LogP contribution in [0, 0.1) is 5.41 Å². The van der Waals surface area contributed by atoms with Crippen LogP contribution in [0.2, 0.25) is 5.02 Å². The number of aliphatic imine (C=N–C) groups is 2. The smallest absolute Gasteiger partial charge is 0.248 e. The molecule has 0 radical (unpaired) electrons. The second kappa shape index (κ2) is 7.17. The van der Waals surface area contributed by atoms with Crippen molar-refractivity contribution in [2.24, 2.45) is 21.1 Å². The predicted molar refractivity (Wildman–Crippen MR) is 120 cm³/mol. The van der Waals surface area contributed by atoms with Crippen LogP contribution in [0.15, 0.2) is 46.5 Å². The molecule has 0 amide bonds. The van der Waals surface area contributed by atoms with Crippen LogP contribution < -0.4 is 5.73 Å². The number of aromatic nitrogens is 1. The molecule has 2 aromatic rings. The minimum Gasteiger partial charge on any atom is -0.382 e. The molecule has 2 spiro atoms. The Bertz CT molecular complexity index is 1150. The molecule has 1 unspecified atom stereocenters. The molecular weight excluding hydrogens is 434 g/mol. The highest BCUT2D eigenvalue weighted by molar-refractivity contribution is 6.41. The topological polar surface area (TPSA) is 80.7 Å². The molecule has 5 rings (SSSR count). The van der Waals surface area contributed by atoms with E-state index < -0.39 is 17.0 Å².